The van der Waals surface area contributed by atoms with Crippen LogP contribution >= 0.6 is 0 Å². The SMILES string of the molecule is Cc1cc(C(=O)N(CC(C)O)C(C)C)c(F)cc1F. The number of amides is 1. The smallest absolute Gasteiger partial charge is 0.257 e. The fraction of sp³-hybridized carbons (Fsp3) is 0.500. The zero-order valence-electron chi connectivity index (χ0n) is 11.6. The van der Waals surface area contributed by atoms with Gasteiger partial charge in [0.05, 0.1) is 11.7 Å². The Morgan fingerprint density at radius 2 is 1.84 bits per heavy atom. The van der Waals surface area contributed by atoms with Crippen molar-refractivity contribution >= 4 is 5.91 Å². The molecule has 1 unspecified atom stereocenters. The summed E-state index contributed by atoms with van der Waals surface area (Å²) in [6.45, 7) is 6.67. The third-order valence-corrected chi connectivity index (χ3v) is 2.82. The summed E-state index contributed by atoms with van der Waals surface area (Å²) in [5.41, 5.74) is 0.0405. The first-order valence-electron chi connectivity index (χ1n) is 6.18. The predicted molar refractivity (Wildman–Crippen MR) is 68.9 cm³/mol. The first-order valence-corrected chi connectivity index (χ1v) is 6.18. The van der Waals surface area contributed by atoms with Gasteiger partial charge in [0, 0.05) is 18.7 Å². The Kier molecular flexibility index (Phi) is 5.00. The number of rotatable bonds is 4. The lowest BCUT2D eigenvalue weighted by atomic mass is 10.1. The second kappa shape index (κ2) is 6.10. The topological polar surface area (TPSA) is 40.5 Å². The molecule has 0 bridgehead atoms. The Morgan fingerprint density at radius 3 is 2.32 bits per heavy atom. The number of carbonyl (C=O) groups is 1. The molecular formula is C14H19F2NO2. The number of halogens is 2. The van der Waals surface area contributed by atoms with E-state index in [1.54, 1.807) is 20.8 Å². The van der Waals surface area contributed by atoms with Gasteiger partial charge in [0.1, 0.15) is 11.6 Å². The van der Waals surface area contributed by atoms with Gasteiger partial charge >= 0.3 is 0 Å². The summed E-state index contributed by atoms with van der Waals surface area (Å²) in [5.74, 6) is -2.11. The van der Waals surface area contributed by atoms with Gasteiger partial charge in [-0.1, -0.05) is 0 Å². The number of hydrogen-bond donors (Lipinski definition) is 1. The molecule has 0 radical (unpaired) electrons. The van der Waals surface area contributed by atoms with Gasteiger partial charge in [-0.2, -0.15) is 0 Å². The third kappa shape index (κ3) is 3.73. The van der Waals surface area contributed by atoms with Gasteiger partial charge in [0.2, 0.25) is 0 Å². The monoisotopic (exact) mass is 271 g/mol. The van der Waals surface area contributed by atoms with Gasteiger partial charge in [-0.25, -0.2) is 8.78 Å². The van der Waals surface area contributed by atoms with E-state index in [0.717, 1.165) is 0 Å². The normalized spacial score (nSPS) is 12.6. The fourth-order valence-corrected chi connectivity index (χ4v) is 1.79. The van der Waals surface area contributed by atoms with Crippen LogP contribution in [0.3, 0.4) is 0 Å². The molecule has 1 N–H and O–H groups in total. The van der Waals surface area contributed by atoms with E-state index in [2.05, 4.69) is 0 Å². The van der Waals surface area contributed by atoms with E-state index in [1.807, 2.05) is 0 Å². The molecule has 106 valence electrons. The van der Waals surface area contributed by atoms with Gasteiger partial charge in [0.25, 0.3) is 5.91 Å². The van der Waals surface area contributed by atoms with Gasteiger partial charge in [-0.05, 0) is 39.3 Å². The van der Waals surface area contributed by atoms with Crippen molar-refractivity contribution in [3.63, 3.8) is 0 Å². The highest BCUT2D eigenvalue weighted by Gasteiger charge is 2.23. The van der Waals surface area contributed by atoms with Crippen LogP contribution in [0.25, 0.3) is 0 Å². The minimum Gasteiger partial charge on any atom is -0.392 e. The maximum atomic E-state index is 13.7. The molecule has 1 aromatic rings. The number of aryl methyl sites for hydroxylation is 1. The molecule has 0 spiro atoms. The number of benzene rings is 1. The Morgan fingerprint density at radius 1 is 1.26 bits per heavy atom. The van der Waals surface area contributed by atoms with E-state index >= 15 is 0 Å². The van der Waals surface area contributed by atoms with Crippen LogP contribution in [0.2, 0.25) is 0 Å². The first-order chi connectivity index (χ1) is 8.73. The van der Waals surface area contributed by atoms with Crippen molar-refractivity contribution in [1.82, 2.24) is 4.90 Å². The van der Waals surface area contributed by atoms with E-state index in [1.165, 1.54) is 17.9 Å². The van der Waals surface area contributed by atoms with Crippen molar-refractivity contribution in [2.75, 3.05) is 6.54 Å². The van der Waals surface area contributed by atoms with E-state index in [9.17, 15) is 18.7 Å². The summed E-state index contributed by atoms with van der Waals surface area (Å²) >= 11 is 0. The molecule has 1 aromatic carbocycles. The van der Waals surface area contributed by atoms with E-state index in [4.69, 9.17) is 0 Å². The Balaban J connectivity index is 3.13. The largest absolute Gasteiger partial charge is 0.392 e. The van der Waals surface area contributed by atoms with Crippen LogP contribution in [0.15, 0.2) is 12.1 Å². The molecular weight excluding hydrogens is 252 g/mol. The molecule has 0 aliphatic heterocycles. The number of aliphatic hydroxyl groups excluding tert-OH is 1. The summed E-state index contributed by atoms with van der Waals surface area (Å²) in [7, 11) is 0. The maximum absolute atomic E-state index is 13.7. The Hall–Kier alpha value is -1.49. The van der Waals surface area contributed by atoms with Crippen LogP contribution in [0.4, 0.5) is 8.78 Å². The average Bonchev–Trinajstić information content (AvgIpc) is 2.29. The first kappa shape index (κ1) is 15.6. The zero-order valence-corrected chi connectivity index (χ0v) is 11.6. The number of hydrogen-bond acceptors (Lipinski definition) is 2. The minimum absolute atomic E-state index is 0.104. The average molecular weight is 271 g/mol. The van der Waals surface area contributed by atoms with Crippen molar-refractivity contribution in [1.29, 1.82) is 0 Å². The summed E-state index contributed by atoms with van der Waals surface area (Å²) in [6, 6.07) is 1.72. The van der Waals surface area contributed by atoms with Gasteiger partial charge in [0.15, 0.2) is 0 Å². The van der Waals surface area contributed by atoms with Crippen molar-refractivity contribution in [3.8, 4) is 0 Å². The van der Waals surface area contributed by atoms with Crippen LogP contribution < -0.4 is 0 Å². The zero-order chi connectivity index (χ0) is 14.7. The van der Waals surface area contributed by atoms with E-state index < -0.39 is 23.6 Å². The summed E-state index contributed by atoms with van der Waals surface area (Å²) < 4.78 is 26.9. The number of nitrogens with zero attached hydrogens (tertiary/aromatic N) is 1. The van der Waals surface area contributed by atoms with Crippen LogP contribution in [0.1, 0.15) is 36.7 Å². The van der Waals surface area contributed by atoms with Crippen LogP contribution in [0, 0.1) is 18.6 Å². The Bertz CT molecular complexity index is 473. The molecule has 5 heteroatoms. The Labute approximate surface area is 111 Å². The second-order valence-corrected chi connectivity index (χ2v) is 4.98. The van der Waals surface area contributed by atoms with Crippen LogP contribution in [-0.4, -0.2) is 34.6 Å². The third-order valence-electron chi connectivity index (χ3n) is 2.82. The van der Waals surface area contributed by atoms with Crippen molar-refractivity contribution in [2.24, 2.45) is 0 Å². The van der Waals surface area contributed by atoms with Gasteiger partial charge in [-0.3, -0.25) is 4.79 Å². The molecule has 0 aliphatic rings. The highest BCUT2D eigenvalue weighted by Crippen LogP contribution is 2.17. The molecule has 3 nitrogen and oxygen atoms in total. The van der Waals surface area contributed by atoms with Gasteiger partial charge in [-0.15, -0.1) is 0 Å². The summed E-state index contributed by atoms with van der Waals surface area (Å²) in [6.07, 6.45) is -0.712. The molecule has 1 atom stereocenters. The van der Waals surface area contributed by atoms with Gasteiger partial charge < -0.3 is 10.0 Å². The minimum atomic E-state index is -0.885. The molecule has 1 rings (SSSR count). The molecule has 0 saturated heterocycles. The quantitative estimate of drug-likeness (QED) is 0.914. The molecule has 0 fully saturated rings. The summed E-state index contributed by atoms with van der Waals surface area (Å²) in [5, 5.41) is 9.39. The highest BCUT2D eigenvalue weighted by molar-refractivity contribution is 5.95. The van der Waals surface area contributed by atoms with E-state index in [-0.39, 0.29) is 23.7 Å². The van der Waals surface area contributed by atoms with Crippen molar-refractivity contribution in [2.45, 2.75) is 39.8 Å². The highest BCUT2D eigenvalue weighted by atomic mass is 19.1. The number of carbonyl (C=O) groups excluding carboxylic acids is 1. The second-order valence-electron chi connectivity index (χ2n) is 4.98. The lowest BCUT2D eigenvalue weighted by Gasteiger charge is -2.28. The summed E-state index contributed by atoms with van der Waals surface area (Å²) in [4.78, 5) is 13.6. The van der Waals surface area contributed by atoms with Crippen LogP contribution in [0.5, 0.6) is 0 Å². The fourth-order valence-electron chi connectivity index (χ4n) is 1.79. The number of aliphatic hydroxyl groups is 1. The molecule has 19 heavy (non-hydrogen) atoms. The standard InChI is InChI=1S/C14H19F2NO2/c1-8(2)17(7-10(4)18)14(19)11-5-9(3)12(15)6-13(11)16/h5-6,8,10,18H,7H2,1-4H3. The molecule has 0 heterocycles. The maximum Gasteiger partial charge on any atom is 0.257 e. The molecule has 1 amide bonds. The van der Waals surface area contributed by atoms with E-state index in [0.29, 0.717) is 6.07 Å². The predicted octanol–water partition coefficient (Wildman–Crippen LogP) is 2.50. The van der Waals surface area contributed by atoms with Crippen molar-refractivity contribution < 1.29 is 18.7 Å². The molecule has 0 aliphatic carbocycles. The van der Waals surface area contributed by atoms with Crippen LogP contribution in [-0.2, 0) is 0 Å². The molecule has 0 saturated carbocycles. The molecule has 0 aromatic heterocycles. The van der Waals surface area contributed by atoms with Crippen molar-refractivity contribution in [3.05, 3.63) is 34.9 Å². The lowest BCUT2D eigenvalue weighted by Crippen LogP contribution is -2.41. The lowest BCUT2D eigenvalue weighted by molar-refractivity contribution is 0.0574.